The lowest BCUT2D eigenvalue weighted by Crippen LogP contribution is -2.47. The first kappa shape index (κ1) is 19.0. The predicted molar refractivity (Wildman–Crippen MR) is 101 cm³/mol. The van der Waals surface area contributed by atoms with Crippen molar-refractivity contribution in [2.45, 2.75) is 70.7 Å². The topological polar surface area (TPSA) is 50.9 Å². The lowest BCUT2D eigenvalue weighted by molar-refractivity contribution is -0.0835. The quantitative estimate of drug-likeness (QED) is 0.769. The van der Waals surface area contributed by atoms with Crippen molar-refractivity contribution in [3.8, 4) is 0 Å². The average Bonchev–Trinajstić information content (AvgIpc) is 2.89. The highest BCUT2D eigenvalue weighted by Gasteiger charge is 2.41. The largest absolute Gasteiger partial charge is 0.387 e. The molecule has 0 saturated carbocycles. The molecular formula is C19H29N3OS. The Morgan fingerprint density at radius 2 is 1.83 bits per heavy atom. The van der Waals surface area contributed by atoms with Crippen LogP contribution in [-0.2, 0) is 6.54 Å². The molecule has 0 saturated heterocycles. The van der Waals surface area contributed by atoms with Gasteiger partial charge in [0.1, 0.15) is 6.33 Å². The molecule has 1 aromatic carbocycles. The molecule has 0 bridgehead atoms. The molecule has 1 N–H and O–H groups in total. The van der Waals surface area contributed by atoms with E-state index < -0.39 is 5.60 Å². The highest BCUT2D eigenvalue weighted by atomic mass is 32.1. The van der Waals surface area contributed by atoms with Crippen LogP contribution in [0.1, 0.15) is 57.6 Å². The highest BCUT2D eigenvalue weighted by Crippen LogP contribution is 2.38. The third-order valence-corrected chi connectivity index (χ3v) is 5.39. The maximum atomic E-state index is 11.4. The van der Waals surface area contributed by atoms with Gasteiger partial charge in [0.05, 0.1) is 12.1 Å². The molecule has 2 rings (SSSR count). The molecule has 0 radical (unpaired) electrons. The summed E-state index contributed by atoms with van der Waals surface area (Å²) in [7, 11) is 0. The van der Waals surface area contributed by atoms with E-state index in [2.05, 4.69) is 81.6 Å². The monoisotopic (exact) mass is 347 g/mol. The number of hydrogen-bond donors (Lipinski definition) is 2. The summed E-state index contributed by atoms with van der Waals surface area (Å²) in [5.41, 5.74) is 1.43. The van der Waals surface area contributed by atoms with Crippen LogP contribution >= 0.6 is 12.6 Å². The van der Waals surface area contributed by atoms with Gasteiger partial charge in [-0.25, -0.2) is 9.67 Å². The van der Waals surface area contributed by atoms with Crippen molar-refractivity contribution in [2.75, 3.05) is 0 Å². The third-order valence-electron chi connectivity index (χ3n) is 5.04. The molecule has 1 heterocycles. The second-order valence-corrected chi connectivity index (χ2v) is 8.25. The van der Waals surface area contributed by atoms with Crippen molar-refractivity contribution < 1.29 is 5.11 Å². The smallest absolute Gasteiger partial charge is 0.183 e. The number of hydrogen-bond acceptors (Lipinski definition) is 4. The summed E-state index contributed by atoms with van der Waals surface area (Å²) >= 11 is 4.31. The first-order chi connectivity index (χ1) is 11.1. The van der Waals surface area contributed by atoms with Crippen LogP contribution in [0.15, 0.2) is 35.7 Å². The minimum atomic E-state index is -0.878. The third kappa shape index (κ3) is 4.39. The molecule has 5 heteroatoms. The van der Waals surface area contributed by atoms with Gasteiger partial charge in [0.25, 0.3) is 0 Å². The van der Waals surface area contributed by atoms with E-state index in [1.807, 2.05) is 0 Å². The van der Waals surface area contributed by atoms with E-state index in [4.69, 9.17) is 0 Å². The minimum Gasteiger partial charge on any atom is -0.387 e. The molecule has 0 spiro atoms. The average molecular weight is 348 g/mol. The van der Waals surface area contributed by atoms with Crippen LogP contribution in [0.5, 0.6) is 0 Å². The standard InChI is InChI=1S/C19H29N3OS/c1-14-6-8-16(9-7-14)15(2)10-11-19(23,18(3,4)5)12-22-17(24)20-13-21-22/h6-9,13,15,23H,10-12H2,1-5H3,(H,20,21,24). The Morgan fingerprint density at radius 3 is 2.33 bits per heavy atom. The zero-order chi connectivity index (χ0) is 18.0. The maximum absolute atomic E-state index is 11.4. The molecule has 2 aromatic rings. The zero-order valence-corrected chi connectivity index (χ0v) is 16.2. The van der Waals surface area contributed by atoms with Crippen LogP contribution in [0.3, 0.4) is 0 Å². The van der Waals surface area contributed by atoms with Crippen LogP contribution in [0.25, 0.3) is 0 Å². The van der Waals surface area contributed by atoms with Crippen molar-refractivity contribution in [3.63, 3.8) is 0 Å². The Bertz CT molecular complexity index is 660. The minimum absolute atomic E-state index is 0.272. The van der Waals surface area contributed by atoms with Gasteiger partial charge in [0.15, 0.2) is 5.16 Å². The lowest BCUT2D eigenvalue weighted by Gasteiger charge is -2.41. The summed E-state index contributed by atoms with van der Waals surface area (Å²) in [5, 5.41) is 16.1. The van der Waals surface area contributed by atoms with Crippen LogP contribution < -0.4 is 0 Å². The summed E-state index contributed by atoms with van der Waals surface area (Å²) in [4.78, 5) is 4.04. The van der Waals surface area contributed by atoms with Crippen molar-refractivity contribution in [1.82, 2.24) is 14.8 Å². The van der Waals surface area contributed by atoms with Gasteiger partial charge in [0.2, 0.25) is 0 Å². The van der Waals surface area contributed by atoms with Gasteiger partial charge in [0, 0.05) is 0 Å². The second kappa shape index (κ2) is 7.28. The molecule has 2 unspecified atom stereocenters. The SMILES string of the molecule is Cc1ccc(C(C)CCC(O)(Cn2ncnc2S)C(C)(C)C)cc1. The van der Waals surface area contributed by atoms with E-state index in [0.717, 1.165) is 6.42 Å². The summed E-state index contributed by atoms with van der Waals surface area (Å²) in [6.07, 6.45) is 3.08. The zero-order valence-electron chi connectivity index (χ0n) is 15.3. The Balaban J connectivity index is 2.11. The van der Waals surface area contributed by atoms with Crippen LogP contribution in [0.2, 0.25) is 0 Å². The van der Waals surface area contributed by atoms with Crippen LogP contribution in [-0.4, -0.2) is 25.5 Å². The summed E-state index contributed by atoms with van der Waals surface area (Å²) < 4.78 is 1.67. The fourth-order valence-corrected chi connectivity index (χ4v) is 3.00. The molecule has 1 aromatic heterocycles. The van der Waals surface area contributed by atoms with E-state index in [9.17, 15) is 5.11 Å². The van der Waals surface area contributed by atoms with Crippen molar-refractivity contribution >= 4 is 12.6 Å². The molecule has 0 aliphatic rings. The van der Waals surface area contributed by atoms with Crippen LogP contribution in [0.4, 0.5) is 0 Å². The molecule has 2 atom stereocenters. The fraction of sp³-hybridized carbons (Fsp3) is 0.579. The van der Waals surface area contributed by atoms with E-state index >= 15 is 0 Å². The first-order valence-electron chi connectivity index (χ1n) is 8.48. The predicted octanol–water partition coefficient (Wildman–Crippen LogP) is 4.24. The van der Waals surface area contributed by atoms with Crippen LogP contribution in [0, 0.1) is 12.3 Å². The Morgan fingerprint density at radius 1 is 1.21 bits per heavy atom. The molecule has 4 nitrogen and oxygen atoms in total. The molecule has 0 amide bonds. The number of aliphatic hydroxyl groups is 1. The van der Waals surface area contributed by atoms with Gasteiger partial charge in [-0.1, -0.05) is 57.5 Å². The van der Waals surface area contributed by atoms with Crippen molar-refractivity contribution in [2.24, 2.45) is 5.41 Å². The first-order valence-corrected chi connectivity index (χ1v) is 8.93. The van der Waals surface area contributed by atoms with Crippen molar-refractivity contribution in [1.29, 1.82) is 0 Å². The van der Waals surface area contributed by atoms with Crippen molar-refractivity contribution in [3.05, 3.63) is 41.7 Å². The number of rotatable bonds is 6. The number of aromatic nitrogens is 3. The van der Waals surface area contributed by atoms with Gasteiger partial charge in [-0.2, -0.15) is 5.10 Å². The molecule has 24 heavy (non-hydrogen) atoms. The summed E-state index contributed by atoms with van der Waals surface area (Å²) in [6.45, 7) is 10.9. The second-order valence-electron chi connectivity index (χ2n) is 7.85. The Labute approximate surface area is 150 Å². The van der Waals surface area contributed by atoms with E-state index in [1.54, 1.807) is 4.68 Å². The summed E-state index contributed by atoms with van der Waals surface area (Å²) in [6, 6.07) is 8.65. The van der Waals surface area contributed by atoms with E-state index in [-0.39, 0.29) is 5.41 Å². The Kier molecular flexibility index (Phi) is 5.76. The van der Waals surface area contributed by atoms with Gasteiger partial charge in [-0.15, -0.1) is 12.6 Å². The maximum Gasteiger partial charge on any atom is 0.183 e. The molecule has 0 aliphatic heterocycles. The van der Waals surface area contributed by atoms with Gasteiger partial charge in [-0.05, 0) is 36.7 Å². The molecule has 0 aliphatic carbocycles. The molecule has 0 fully saturated rings. The van der Waals surface area contributed by atoms with Gasteiger partial charge in [-0.3, -0.25) is 0 Å². The number of thiol groups is 1. The molecular weight excluding hydrogens is 318 g/mol. The normalized spacial score (nSPS) is 16.0. The van der Waals surface area contributed by atoms with E-state index in [0.29, 0.717) is 24.0 Å². The lowest BCUT2D eigenvalue weighted by atomic mass is 9.72. The Hall–Kier alpha value is -1.33. The number of nitrogens with zero attached hydrogens (tertiary/aromatic N) is 3. The van der Waals surface area contributed by atoms with Gasteiger partial charge < -0.3 is 5.11 Å². The van der Waals surface area contributed by atoms with Gasteiger partial charge >= 0.3 is 0 Å². The van der Waals surface area contributed by atoms with E-state index in [1.165, 1.54) is 17.5 Å². The number of benzene rings is 1. The number of aryl methyl sites for hydroxylation is 1. The molecule has 132 valence electrons. The summed E-state index contributed by atoms with van der Waals surface area (Å²) in [5.74, 6) is 0.394. The highest BCUT2D eigenvalue weighted by molar-refractivity contribution is 7.80. The fourth-order valence-electron chi connectivity index (χ4n) is 2.83.